The van der Waals surface area contributed by atoms with Crippen molar-refractivity contribution in [3.05, 3.63) is 187 Å². The molecular formula is C47H31N5O. The molecule has 0 saturated heterocycles. The zero-order chi connectivity index (χ0) is 35.1. The van der Waals surface area contributed by atoms with Crippen molar-refractivity contribution in [1.82, 2.24) is 19.5 Å². The molecule has 0 bridgehead atoms. The van der Waals surface area contributed by atoms with Crippen LogP contribution in [0.1, 0.15) is 11.1 Å². The van der Waals surface area contributed by atoms with Crippen molar-refractivity contribution in [2.45, 2.75) is 6.61 Å². The highest BCUT2D eigenvalue weighted by Gasteiger charge is 2.19. The van der Waals surface area contributed by atoms with E-state index in [0.717, 1.165) is 50.3 Å². The van der Waals surface area contributed by atoms with Crippen molar-refractivity contribution >= 4 is 33.4 Å². The third-order valence-electron chi connectivity index (χ3n) is 9.75. The Morgan fingerprint density at radius 2 is 0.981 bits per heavy atom. The summed E-state index contributed by atoms with van der Waals surface area (Å²) in [6.45, 7) is 0.388. The minimum Gasteiger partial charge on any atom is -0.472 e. The van der Waals surface area contributed by atoms with Gasteiger partial charge in [0.1, 0.15) is 6.61 Å². The van der Waals surface area contributed by atoms with Crippen LogP contribution in [0.25, 0.3) is 72.8 Å². The molecule has 0 radical (unpaired) electrons. The number of fused-ring (bicyclic) bond motifs is 4. The third-order valence-corrected chi connectivity index (χ3v) is 9.75. The van der Waals surface area contributed by atoms with Crippen molar-refractivity contribution in [3.63, 3.8) is 0 Å². The molecule has 0 unspecified atom stereocenters. The molecular weight excluding hydrogens is 651 g/mol. The Morgan fingerprint density at radius 3 is 1.72 bits per heavy atom. The van der Waals surface area contributed by atoms with E-state index < -0.39 is 0 Å². The zero-order valence-electron chi connectivity index (χ0n) is 28.6. The Hall–Kier alpha value is -7.18. The topological polar surface area (TPSA) is 65.2 Å². The van der Waals surface area contributed by atoms with Crippen molar-refractivity contribution in [2.75, 3.05) is 0 Å². The molecule has 0 fully saturated rings. The van der Waals surface area contributed by atoms with Crippen LogP contribution in [-0.4, -0.2) is 25.4 Å². The molecule has 6 nitrogen and oxygen atoms in total. The molecule has 0 saturated carbocycles. The van der Waals surface area contributed by atoms with Crippen molar-refractivity contribution in [3.8, 4) is 51.0 Å². The van der Waals surface area contributed by atoms with Gasteiger partial charge in [0.2, 0.25) is 5.90 Å². The molecule has 1 aliphatic rings. The minimum atomic E-state index is 0.388. The number of para-hydroxylation sites is 2. The summed E-state index contributed by atoms with van der Waals surface area (Å²) in [4.78, 5) is 19.6. The fourth-order valence-corrected chi connectivity index (χ4v) is 7.16. The van der Waals surface area contributed by atoms with Crippen LogP contribution in [0.3, 0.4) is 0 Å². The first kappa shape index (κ1) is 30.6. The maximum atomic E-state index is 6.33. The number of benzene rings is 7. The van der Waals surface area contributed by atoms with Crippen LogP contribution in [0.4, 0.5) is 5.69 Å². The lowest BCUT2D eigenvalue weighted by Gasteiger charge is -2.18. The van der Waals surface area contributed by atoms with Gasteiger partial charge in [-0.1, -0.05) is 115 Å². The number of ether oxygens (including phenoxy) is 1. The predicted molar refractivity (Wildman–Crippen MR) is 213 cm³/mol. The van der Waals surface area contributed by atoms with Gasteiger partial charge in [0.25, 0.3) is 0 Å². The molecule has 0 atom stereocenters. The maximum absolute atomic E-state index is 6.33. The quantitative estimate of drug-likeness (QED) is 0.175. The van der Waals surface area contributed by atoms with E-state index in [2.05, 4.69) is 108 Å². The number of aliphatic imine (C=N–C) groups is 1. The Bertz CT molecular complexity index is 2770. The molecule has 250 valence electrons. The lowest BCUT2D eigenvalue weighted by atomic mass is 10.0. The van der Waals surface area contributed by atoms with Crippen LogP contribution in [0, 0.1) is 0 Å². The lowest BCUT2D eigenvalue weighted by molar-refractivity contribution is 0.288. The van der Waals surface area contributed by atoms with E-state index in [1.165, 1.54) is 21.8 Å². The highest BCUT2D eigenvalue weighted by molar-refractivity contribution is 6.10. The van der Waals surface area contributed by atoms with Gasteiger partial charge in [0.15, 0.2) is 17.5 Å². The largest absolute Gasteiger partial charge is 0.472 e. The van der Waals surface area contributed by atoms with Crippen molar-refractivity contribution in [1.29, 1.82) is 0 Å². The normalized spacial score (nSPS) is 12.3. The van der Waals surface area contributed by atoms with E-state index >= 15 is 0 Å². The first-order chi connectivity index (χ1) is 26.2. The number of aromatic nitrogens is 4. The van der Waals surface area contributed by atoms with E-state index in [9.17, 15) is 0 Å². The predicted octanol–water partition coefficient (Wildman–Crippen LogP) is 11.2. The molecule has 0 amide bonds. The molecule has 2 aromatic heterocycles. The second kappa shape index (κ2) is 12.9. The summed E-state index contributed by atoms with van der Waals surface area (Å²) in [6, 6.07) is 60.5. The molecule has 53 heavy (non-hydrogen) atoms. The average molecular weight is 682 g/mol. The van der Waals surface area contributed by atoms with Crippen molar-refractivity contribution in [2.24, 2.45) is 4.99 Å². The summed E-state index contributed by atoms with van der Waals surface area (Å²) >= 11 is 0. The van der Waals surface area contributed by atoms with E-state index in [0.29, 0.717) is 30.0 Å². The number of hydrogen-bond acceptors (Lipinski definition) is 5. The van der Waals surface area contributed by atoms with Crippen LogP contribution in [0.5, 0.6) is 0 Å². The minimum absolute atomic E-state index is 0.388. The number of hydrogen-bond donors (Lipinski definition) is 0. The summed E-state index contributed by atoms with van der Waals surface area (Å²) < 4.78 is 8.67. The Labute approximate surface area is 306 Å². The van der Waals surface area contributed by atoms with E-state index in [4.69, 9.17) is 24.7 Å². The zero-order valence-corrected chi connectivity index (χ0v) is 28.6. The van der Waals surface area contributed by atoms with Crippen LogP contribution in [-0.2, 0) is 11.3 Å². The second-order valence-electron chi connectivity index (χ2n) is 13.1. The first-order valence-electron chi connectivity index (χ1n) is 17.7. The summed E-state index contributed by atoms with van der Waals surface area (Å²) in [7, 11) is 0. The fraction of sp³-hybridized carbons (Fsp3) is 0.0213. The SMILES string of the molecule is c1ccc(-c2nc(-c3ccccc3)nc(-c3ccc4c(c3)COC(c3cccc(-c5ccc6c(c5)c5ccccc5n6-c5ccccc5)c3)=N4)n2)cc1. The van der Waals surface area contributed by atoms with Crippen LogP contribution < -0.4 is 0 Å². The van der Waals surface area contributed by atoms with E-state index in [1.807, 2.05) is 72.8 Å². The maximum Gasteiger partial charge on any atom is 0.221 e. The van der Waals surface area contributed by atoms with Gasteiger partial charge >= 0.3 is 0 Å². The van der Waals surface area contributed by atoms with Gasteiger partial charge in [0.05, 0.1) is 16.7 Å². The summed E-state index contributed by atoms with van der Waals surface area (Å²) in [5.41, 5.74) is 11.3. The molecule has 7 aromatic carbocycles. The van der Waals surface area contributed by atoms with Crippen molar-refractivity contribution < 1.29 is 4.74 Å². The van der Waals surface area contributed by atoms with E-state index in [1.54, 1.807) is 0 Å². The molecule has 0 N–H and O–H groups in total. The fourth-order valence-electron chi connectivity index (χ4n) is 7.16. The van der Waals surface area contributed by atoms with Gasteiger partial charge in [-0.05, 0) is 71.8 Å². The smallest absolute Gasteiger partial charge is 0.221 e. The third kappa shape index (κ3) is 5.63. The van der Waals surface area contributed by atoms with Gasteiger partial charge in [0, 0.05) is 44.3 Å². The molecule has 6 heteroatoms. The molecule has 3 heterocycles. The Morgan fingerprint density at radius 1 is 0.415 bits per heavy atom. The average Bonchev–Trinajstić information content (AvgIpc) is 3.58. The summed E-state index contributed by atoms with van der Waals surface area (Å²) in [5.74, 6) is 2.47. The van der Waals surface area contributed by atoms with Crippen LogP contribution in [0.2, 0.25) is 0 Å². The lowest BCUT2D eigenvalue weighted by Crippen LogP contribution is -2.11. The Balaban J connectivity index is 0.989. The van der Waals surface area contributed by atoms with Gasteiger partial charge in [-0.3, -0.25) is 0 Å². The highest BCUT2D eigenvalue weighted by Crippen LogP contribution is 2.36. The summed E-state index contributed by atoms with van der Waals surface area (Å²) in [6.07, 6.45) is 0. The Kier molecular flexibility index (Phi) is 7.43. The molecule has 1 aliphatic heterocycles. The molecule has 10 rings (SSSR count). The van der Waals surface area contributed by atoms with Gasteiger partial charge in [-0.25, -0.2) is 19.9 Å². The molecule has 0 spiro atoms. The first-order valence-corrected chi connectivity index (χ1v) is 17.7. The van der Waals surface area contributed by atoms with Gasteiger partial charge in [-0.15, -0.1) is 0 Å². The number of nitrogens with zero attached hydrogens (tertiary/aromatic N) is 5. The monoisotopic (exact) mass is 681 g/mol. The van der Waals surface area contributed by atoms with Gasteiger partial charge in [-0.2, -0.15) is 0 Å². The number of rotatable bonds is 6. The molecule has 0 aliphatic carbocycles. The van der Waals surface area contributed by atoms with Crippen LogP contribution in [0.15, 0.2) is 181 Å². The van der Waals surface area contributed by atoms with E-state index in [-0.39, 0.29) is 0 Å². The molecule has 9 aromatic rings. The van der Waals surface area contributed by atoms with Crippen LogP contribution >= 0.6 is 0 Å². The second-order valence-corrected chi connectivity index (χ2v) is 13.1. The summed E-state index contributed by atoms with van der Waals surface area (Å²) in [5, 5.41) is 2.44. The standard InChI is InChI=1S/C47H31N5O/c1-4-13-31(14-5-1)44-49-45(32-15-6-2-7-16-32)51-46(50-44)35-23-25-41-37(28-35)30-53-47(48-41)36-18-12-17-33(27-36)34-24-26-43-40(29-34)39-21-10-11-22-42(39)52(43)38-19-8-3-9-20-38/h1-29H,30H2. The highest BCUT2D eigenvalue weighted by atomic mass is 16.5. The van der Waals surface area contributed by atoms with Gasteiger partial charge < -0.3 is 9.30 Å².